The zero-order chi connectivity index (χ0) is 9.42. The third-order valence-electron chi connectivity index (χ3n) is 2.30. The Morgan fingerprint density at radius 1 is 1.46 bits per heavy atom. The van der Waals surface area contributed by atoms with Gasteiger partial charge in [0.1, 0.15) is 0 Å². The van der Waals surface area contributed by atoms with Crippen LogP contribution < -0.4 is 0 Å². The van der Waals surface area contributed by atoms with Crippen LogP contribution in [0.4, 0.5) is 0 Å². The Kier molecular flexibility index (Phi) is 2.04. The summed E-state index contributed by atoms with van der Waals surface area (Å²) in [4.78, 5) is 13.5. The molecule has 1 heterocycles. The molecule has 0 bridgehead atoms. The molecular formula is C10H11NOS. The summed E-state index contributed by atoms with van der Waals surface area (Å²) in [6, 6.07) is 7.71. The van der Waals surface area contributed by atoms with E-state index in [-0.39, 0.29) is 11.3 Å². The summed E-state index contributed by atoms with van der Waals surface area (Å²) in [6.45, 7) is 2.60. The van der Waals surface area contributed by atoms with Crippen molar-refractivity contribution in [3.05, 3.63) is 35.4 Å². The summed E-state index contributed by atoms with van der Waals surface area (Å²) in [7, 11) is 0. The van der Waals surface area contributed by atoms with Gasteiger partial charge in [-0.1, -0.05) is 18.2 Å². The number of benzene rings is 1. The first kappa shape index (κ1) is 8.63. The number of amides is 1. The highest BCUT2D eigenvalue weighted by molar-refractivity contribution is 7.80. The molecule has 1 unspecified atom stereocenters. The van der Waals surface area contributed by atoms with E-state index in [1.54, 1.807) is 4.90 Å². The molecule has 0 fully saturated rings. The molecule has 3 heteroatoms. The fraction of sp³-hybridized carbons (Fsp3) is 0.300. The maximum absolute atomic E-state index is 11.7. The molecule has 1 amide bonds. The number of fused-ring (bicyclic) bond motifs is 1. The summed E-state index contributed by atoms with van der Waals surface area (Å²) in [5.74, 6) is 0.0955. The Morgan fingerprint density at radius 3 is 2.77 bits per heavy atom. The molecule has 1 aliphatic heterocycles. The van der Waals surface area contributed by atoms with Gasteiger partial charge in [-0.3, -0.25) is 4.79 Å². The Bertz CT molecular complexity index is 349. The van der Waals surface area contributed by atoms with Crippen molar-refractivity contribution in [3.8, 4) is 0 Å². The van der Waals surface area contributed by atoms with Crippen LogP contribution in [0.3, 0.4) is 0 Å². The molecule has 0 N–H and O–H groups in total. The van der Waals surface area contributed by atoms with Crippen molar-refractivity contribution in [2.75, 3.05) is 0 Å². The SMILES string of the molecule is CC(S)N1Cc2ccccc2C1=O. The normalized spacial score (nSPS) is 17.4. The third kappa shape index (κ3) is 1.33. The standard InChI is InChI=1S/C10H11NOS/c1-7(13)11-6-8-4-2-3-5-9(8)10(11)12/h2-5,7,13H,6H2,1H3. The molecule has 1 aromatic carbocycles. The maximum atomic E-state index is 11.7. The highest BCUT2D eigenvalue weighted by atomic mass is 32.1. The molecule has 2 nitrogen and oxygen atoms in total. The van der Waals surface area contributed by atoms with E-state index in [9.17, 15) is 4.79 Å². The zero-order valence-corrected chi connectivity index (χ0v) is 8.29. The average Bonchev–Trinajstić information content (AvgIpc) is 2.45. The Labute approximate surface area is 83.0 Å². The summed E-state index contributed by atoms with van der Waals surface area (Å²) in [5, 5.41) is -0.0140. The van der Waals surface area contributed by atoms with Gasteiger partial charge < -0.3 is 4.90 Å². The van der Waals surface area contributed by atoms with Gasteiger partial charge in [0.25, 0.3) is 5.91 Å². The lowest BCUT2D eigenvalue weighted by atomic mass is 10.1. The van der Waals surface area contributed by atoms with Crippen LogP contribution in [0.1, 0.15) is 22.8 Å². The first-order valence-corrected chi connectivity index (χ1v) is 4.79. The van der Waals surface area contributed by atoms with E-state index in [2.05, 4.69) is 12.6 Å². The minimum atomic E-state index is -0.0140. The minimum absolute atomic E-state index is 0.0140. The summed E-state index contributed by atoms with van der Waals surface area (Å²) < 4.78 is 0. The van der Waals surface area contributed by atoms with Gasteiger partial charge in [0, 0.05) is 12.1 Å². The van der Waals surface area contributed by atoms with Crippen molar-refractivity contribution >= 4 is 18.5 Å². The van der Waals surface area contributed by atoms with Crippen LogP contribution in [-0.2, 0) is 6.54 Å². The largest absolute Gasteiger partial charge is 0.323 e. The van der Waals surface area contributed by atoms with E-state index >= 15 is 0 Å². The number of carbonyl (C=O) groups is 1. The van der Waals surface area contributed by atoms with E-state index in [4.69, 9.17) is 0 Å². The molecule has 0 saturated carbocycles. The number of nitrogens with zero attached hydrogens (tertiary/aromatic N) is 1. The van der Waals surface area contributed by atoms with Crippen LogP contribution in [0.2, 0.25) is 0 Å². The predicted molar refractivity (Wildman–Crippen MR) is 54.8 cm³/mol. The second-order valence-electron chi connectivity index (χ2n) is 3.22. The monoisotopic (exact) mass is 193 g/mol. The molecule has 13 heavy (non-hydrogen) atoms. The van der Waals surface area contributed by atoms with Crippen LogP contribution in [0.25, 0.3) is 0 Å². The van der Waals surface area contributed by atoms with E-state index in [1.165, 1.54) is 0 Å². The predicted octanol–water partition coefficient (Wildman–Crippen LogP) is 1.92. The molecule has 1 atom stereocenters. The second-order valence-corrected chi connectivity index (χ2v) is 3.97. The third-order valence-corrected chi connectivity index (χ3v) is 2.58. The highest BCUT2D eigenvalue weighted by Gasteiger charge is 2.28. The van der Waals surface area contributed by atoms with Crippen molar-refractivity contribution < 1.29 is 4.79 Å². The quantitative estimate of drug-likeness (QED) is 0.676. The lowest BCUT2D eigenvalue weighted by Crippen LogP contribution is -2.29. The van der Waals surface area contributed by atoms with Crippen molar-refractivity contribution in [2.45, 2.75) is 18.8 Å². The van der Waals surface area contributed by atoms with Gasteiger partial charge in [0.15, 0.2) is 0 Å². The van der Waals surface area contributed by atoms with E-state index in [0.717, 1.165) is 11.1 Å². The van der Waals surface area contributed by atoms with E-state index in [1.807, 2.05) is 31.2 Å². The summed E-state index contributed by atoms with van der Waals surface area (Å²) >= 11 is 4.26. The van der Waals surface area contributed by atoms with Gasteiger partial charge in [-0.15, -0.1) is 0 Å². The molecule has 1 aromatic rings. The molecular weight excluding hydrogens is 182 g/mol. The van der Waals surface area contributed by atoms with Crippen molar-refractivity contribution in [1.82, 2.24) is 4.90 Å². The second kappa shape index (κ2) is 3.07. The molecule has 1 aliphatic rings. The molecule has 0 saturated heterocycles. The lowest BCUT2D eigenvalue weighted by molar-refractivity contribution is 0.0771. The number of hydrogen-bond donors (Lipinski definition) is 1. The summed E-state index contributed by atoms with van der Waals surface area (Å²) in [5.41, 5.74) is 1.93. The Morgan fingerprint density at radius 2 is 2.15 bits per heavy atom. The molecule has 68 valence electrons. The van der Waals surface area contributed by atoms with Gasteiger partial charge in [-0.2, -0.15) is 12.6 Å². The van der Waals surface area contributed by atoms with E-state index < -0.39 is 0 Å². The highest BCUT2D eigenvalue weighted by Crippen LogP contribution is 2.24. The van der Waals surface area contributed by atoms with Crippen LogP contribution >= 0.6 is 12.6 Å². The van der Waals surface area contributed by atoms with Crippen LogP contribution in [0, 0.1) is 0 Å². The number of rotatable bonds is 1. The van der Waals surface area contributed by atoms with Gasteiger partial charge in [0.05, 0.1) is 5.37 Å². The smallest absolute Gasteiger partial charge is 0.255 e. The van der Waals surface area contributed by atoms with Crippen molar-refractivity contribution in [1.29, 1.82) is 0 Å². The van der Waals surface area contributed by atoms with Gasteiger partial charge in [-0.05, 0) is 18.6 Å². The van der Waals surface area contributed by atoms with E-state index in [0.29, 0.717) is 6.54 Å². The topological polar surface area (TPSA) is 20.3 Å². The average molecular weight is 193 g/mol. The van der Waals surface area contributed by atoms with Gasteiger partial charge >= 0.3 is 0 Å². The molecule has 0 aromatic heterocycles. The first-order valence-electron chi connectivity index (χ1n) is 4.27. The van der Waals surface area contributed by atoms with Crippen molar-refractivity contribution in [3.63, 3.8) is 0 Å². The Hall–Kier alpha value is -0.960. The number of hydrogen-bond acceptors (Lipinski definition) is 2. The van der Waals surface area contributed by atoms with Gasteiger partial charge in [0.2, 0.25) is 0 Å². The number of carbonyl (C=O) groups excluding carboxylic acids is 1. The molecule has 2 rings (SSSR count). The zero-order valence-electron chi connectivity index (χ0n) is 7.40. The summed E-state index contributed by atoms with van der Waals surface area (Å²) in [6.07, 6.45) is 0. The van der Waals surface area contributed by atoms with Crippen molar-refractivity contribution in [2.24, 2.45) is 0 Å². The number of thiol groups is 1. The fourth-order valence-electron chi connectivity index (χ4n) is 1.58. The van der Waals surface area contributed by atoms with Crippen LogP contribution in [0.5, 0.6) is 0 Å². The fourth-order valence-corrected chi connectivity index (χ4v) is 1.77. The van der Waals surface area contributed by atoms with Crippen LogP contribution in [0.15, 0.2) is 24.3 Å². The maximum Gasteiger partial charge on any atom is 0.255 e. The van der Waals surface area contributed by atoms with Crippen LogP contribution in [-0.4, -0.2) is 16.2 Å². The molecule has 0 aliphatic carbocycles. The van der Waals surface area contributed by atoms with Gasteiger partial charge in [-0.25, -0.2) is 0 Å². The molecule has 0 radical (unpaired) electrons. The Balaban J connectivity index is 2.38. The minimum Gasteiger partial charge on any atom is -0.323 e. The molecule has 0 spiro atoms. The lowest BCUT2D eigenvalue weighted by Gasteiger charge is -2.18. The first-order chi connectivity index (χ1) is 6.20.